The van der Waals surface area contributed by atoms with Gasteiger partial charge in [0.15, 0.2) is 0 Å². The number of hydrogen-bond acceptors (Lipinski definition) is 9. The average Bonchev–Trinajstić information content (AvgIpc) is 3.25. The van der Waals surface area contributed by atoms with Gasteiger partial charge in [0, 0.05) is 12.5 Å². The Kier molecular flexibility index (Phi) is 6.60. The molecule has 1 fully saturated rings. The van der Waals surface area contributed by atoms with Crippen LogP contribution in [-0.2, 0) is 4.79 Å². The van der Waals surface area contributed by atoms with Crippen molar-refractivity contribution in [2.24, 2.45) is 5.92 Å². The predicted molar refractivity (Wildman–Crippen MR) is 111 cm³/mol. The minimum Gasteiger partial charge on any atom is -0.483 e. The average molecular weight is 418 g/mol. The van der Waals surface area contributed by atoms with Crippen molar-refractivity contribution in [1.82, 2.24) is 9.97 Å². The van der Waals surface area contributed by atoms with Gasteiger partial charge in [0.25, 0.3) is 6.47 Å². The van der Waals surface area contributed by atoms with Gasteiger partial charge in [-0.2, -0.15) is 0 Å². The highest BCUT2D eigenvalue weighted by Crippen LogP contribution is 2.36. The molecule has 10 heteroatoms. The predicted octanol–water partition coefficient (Wildman–Crippen LogP) is 1.16. The van der Waals surface area contributed by atoms with E-state index in [-0.39, 0.29) is 19.0 Å². The van der Waals surface area contributed by atoms with Crippen molar-refractivity contribution >= 4 is 39.7 Å². The van der Waals surface area contributed by atoms with Crippen LogP contribution >= 0.6 is 11.3 Å². The topological polar surface area (TPSA) is 162 Å². The van der Waals surface area contributed by atoms with E-state index >= 15 is 0 Å². The number of nitrogens with one attached hydrogen (secondary N) is 1. The lowest BCUT2D eigenvalue weighted by Gasteiger charge is -2.20. The minimum atomic E-state index is -0.987. The summed E-state index contributed by atoms with van der Waals surface area (Å²) in [4.78, 5) is 17.4. The lowest BCUT2D eigenvalue weighted by molar-refractivity contribution is -0.122. The number of fused-ring (bicyclic) bond motifs is 1. The lowest BCUT2D eigenvalue weighted by Crippen LogP contribution is -2.35. The number of aromatic nitrogens is 2. The van der Waals surface area contributed by atoms with Crippen molar-refractivity contribution in [1.29, 1.82) is 0 Å². The van der Waals surface area contributed by atoms with Gasteiger partial charge in [-0.05, 0) is 30.7 Å². The van der Waals surface area contributed by atoms with Crippen LogP contribution in [0.15, 0.2) is 36.4 Å². The zero-order chi connectivity index (χ0) is 21.0. The van der Waals surface area contributed by atoms with Crippen molar-refractivity contribution < 1.29 is 25.2 Å². The quantitative estimate of drug-likeness (QED) is 0.341. The molecule has 4 atom stereocenters. The molecule has 0 unspecified atom stereocenters. The Bertz CT molecular complexity index is 949. The van der Waals surface area contributed by atoms with Gasteiger partial charge in [-0.1, -0.05) is 12.1 Å². The lowest BCUT2D eigenvalue weighted by atomic mass is 10.1. The van der Waals surface area contributed by atoms with Crippen molar-refractivity contribution in [2.45, 2.75) is 24.7 Å². The Morgan fingerprint density at radius 1 is 1.17 bits per heavy atom. The summed E-state index contributed by atoms with van der Waals surface area (Å²) in [7, 11) is 0. The van der Waals surface area contributed by atoms with Gasteiger partial charge in [-0.25, -0.2) is 9.97 Å². The number of carboxylic acid groups (broad SMARTS) is 1. The molecule has 29 heavy (non-hydrogen) atoms. The molecule has 0 bridgehead atoms. The van der Waals surface area contributed by atoms with Crippen LogP contribution in [0.4, 0.5) is 11.6 Å². The number of aliphatic hydroxyl groups is 3. The van der Waals surface area contributed by atoms with E-state index < -0.39 is 18.2 Å². The smallest absolute Gasteiger partial charge is 0.290 e. The molecule has 4 rings (SSSR count). The summed E-state index contributed by atoms with van der Waals surface area (Å²) in [6, 6.07) is 11.0. The number of benzene rings is 1. The number of thiazole rings is 1. The zero-order valence-electron chi connectivity index (χ0n) is 15.3. The molecule has 0 radical (unpaired) electrons. The fourth-order valence-electron chi connectivity index (χ4n) is 3.37. The monoisotopic (exact) mass is 418 g/mol. The summed E-state index contributed by atoms with van der Waals surface area (Å²) < 4.78 is 1.07. The molecule has 0 spiro atoms. The molecular formula is C19H22N4O5S. The molecule has 9 nitrogen and oxygen atoms in total. The van der Waals surface area contributed by atoms with Crippen LogP contribution in [0.3, 0.4) is 0 Å². The van der Waals surface area contributed by atoms with E-state index in [9.17, 15) is 15.3 Å². The van der Waals surface area contributed by atoms with Gasteiger partial charge in [-0.15, -0.1) is 11.3 Å². The summed E-state index contributed by atoms with van der Waals surface area (Å²) in [6.07, 6.45) is -1.52. The van der Waals surface area contributed by atoms with Gasteiger partial charge in [-0.3, -0.25) is 4.79 Å². The maximum absolute atomic E-state index is 10.3. The Morgan fingerprint density at radius 3 is 2.55 bits per heavy atom. The third-order valence-electron chi connectivity index (χ3n) is 4.80. The highest BCUT2D eigenvalue weighted by Gasteiger charge is 2.41. The maximum atomic E-state index is 10.3. The molecule has 0 saturated heterocycles. The molecule has 1 aromatic carbocycles. The number of aliphatic hydroxyl groups excluding tert-OH is 3. The third kappa shape index (κ3) is 4.46. The van der Waals surface area contributed by atoms with Gasteiger partial charge >= 0.3 is 0 Å². The van der Waals surface area contributed by atoms with Gasteiger partial charge < -0.3 is 31.5 Å². The summed E-state index contributed by atoms with van der Waals surface area (Å²) in [6.45, 7) is -0.425. The van der Waals surface area contributed by atoms with Crippen LogP contribution in [0.25, 0.3) is 20.8 Å². The third-order valence-corrected chi connectivity index (χ3v) is 5.87. The first-order valence-electron chi connectivity index (χ1n) is 8.92. The summed E-state index contributed by atoms with van der Waals surface area (Å²) in [5.41, 5.74) is 7.55. The molecule has 3 aromatic rings. The molecule has 7 N–H and O–H groups in total. The molecule has 2 aromatic heterocycles. The number of nitrogens with two attached hydrogens (primary N) is 1. The van der Waals surface area contributed by atoms with Crippen molar-refractivity contribution in [2.75, 3.05) is 17.7 Å². The SMILES string of the molecule is Nc1ccc(-c2nc3ccccc3s2)c(N[C@@H]2C[C@H](CO)[C@@H](O)[C@H]2O)n1.O=CO. The number of para-hydroxylation sites is 1. The van der Waals surface area contributed by atoms with Crippen LogP contribution in [0.5, 0.6) is 0 Å². The van der Waals surface area contributed by atoms with Gasteiger partial charge in [0.05, 0.1) is 27.9 Å². The van der Waals surface area contributed by atoms with E-state index in [0.717, 1.165) is 20.8 Å². The van der Waals surface area contributed by atoms with E-state index in [1.54, 1.807) is 17.4 Å². The number of pyridine rings is 1. The summed E-state index contributed by atoms with van der Waals surface area (Å²) in [5, 5.41) is 40.5. The fraction of sp³-hybridized carbons (Fsp3) is 0.316. The van der Waals surface area contributed by atoms with Crippen LogP contribution in [0, 0.1) is 5.92 Å². The maximum Gasteiger partial charge on any atom is 0.290 e. The van der Waals surface area contributed by atoms with E-state index in [2.05, 4.69) is 15.3 Å². The Hall–Kier alpha value is -2.79. The number of nitrogen functional groups attached to an aromatic ring is 1. The molecule has 0 aliphatic heterocycles. The molecule has 0 amide bonds. The number of anilines is 2. The van der Waals surface area contributed by atoms with Crippen LogP contribution < -0.4 is 11.1 Å². The molecule has 1 aliphatic carbocycles. The second kappa shape index (κ2) is 9.14. The molecule has 2 heterocycles. The largest absolute Gasteiger partial charge is 0.483 e. The van der Waals surface area contributed by atoms with Crippen molar-refractivity contribution in [3.63, 3.8) is 0 Å². The highest BCUT2D eigenvalue weighted by atomic mass is 32.1. The van der Waals surface area contributed by atoms with Crippen LogP contribution in [0.2, 0.25) is 0 Å². The van der Waals surface area contributed by atoms with E-state index in [4.69, 9.17) is 15.6 Å². The Balaban J connectivity index is 0.000000755. The number of hydrogen-bond donors (Lipinski definition) is 6. The van der Waals surface area contributed by atoms with Crippen LogP contribution in [0.1, 0.15) is 6.42 Å². The van der Waals surface area contributed by atoms with E-state index in [1.807, 2.05) is 30.3 Å². The summed E-state index contributed by atoms with van der Waals surface area (Å²) in [5.74, 6) is 0.498. The number of nitrogens with zero attached hydrogens (tertiary/aromatic N) is 2. The van der Waals surface area contributed by atoms with Crippen LogP contribution in [-0.4, -0.2) is 61.7 Å². The highest BCUT2D eigenvalue weighted by molar-refractivity contribution is 7.21. The van der Waals surface area contributed by atoms with Gasteiger partial charge in [0.1, 0.15) is 22.7 Å². The fourth-order valence-corrected chi connectivity index (χ4v) is 4.36. The Labute approximate surface area is 170 Å². The number of carbonyl (C=O) groups is 1. The second-order valence-electron chi connectivity index (χ2n) is 6.63. The van der Waals surface area contributed by atoms with Crippen molar-refractivity contribution in [3.05, 3.63) is 36.4 Å². The normalized spacial score (nSPS) is 23.4. The van der Waals surface area contributed by atoms with E-state index in [0.29, 0.717) is 18.1 Å². The Morgan fingerprint density at radius 2 is 1.90 bits per heavy atom. The first kappa shape index (κ1) is 20.9. The summed E-state index contributed by atoms with van der Waals surface area (Å²) >= 11 is 1.55. The first-order valence-corrected chi connectivity index (χ1v) is 9.74. The van der Waals surface area contributed by atoms with E-state index in [1.165, 1.54) is 0 Å². The number of rotatable bonds is 4. The minimum absolute atomic E-state index is 0.175. The second-order valence-corrected chi connectivity index (χ2v) is 7.67. The first-order chi connectivity index (χ1) is 14.0. The van der Waals surface area contributed by atoms with Gasteiger partial charge in [0.2, 0.25) is 0 Å². The molecular weight excluding hydrogens is 396 g/mol. The van der Waals surface area contributed by atoms with Crippen molar-refractivity contribution in [3.8, 4) is 10.6 Å². The zero-order valence-corrected chi connectivity index (χ0v) is 16.2. The standard InChI is InChI=1S/C18H20N4O3S.CH2O2/c19-14-6-5-10(18-21-11-3-1-2-4-13(11)26-18)17(22-14)20-12-7-9(8-23)15(24)16(12)25;2-1-3/h1-6,9,12,15-16,23-25H,7-8H2,(H3,19,20,22);1H,(H,2,3)/t9-,12-,15-,16+;/m1./s1. The molecule has 154 valence electrons. The molecule has 1 aliphatic rings. The molecule has 1 saturated carbocycles.